The summed E-state index contributed by atoms with van der Waals surface area (Å²) < 4.78 is 17.8. The highest BCUT2D eigenvalue weighted by molar-refractivity contribution is 5.96. The van der Waals surface area contributed by atoms with Gasteiger partial charge in [-0.2, -0.15) is 0 Å². The van der Waals surface area contributed by atoms with E-state index in [1.807, 2.05) is 25.1 Å². The number of likely N-dealkylation sites (tertiary alicyclic amines) is 1. The number of carbonyl (C=O) groups is 2. The number of hydrogen-bond donors (Lipinski definition) is 3. The Morgan fingerprint density at radius 3 is 2.43 bits per heavy atom. The first-order valence-electron chi connectivity index (χ1n) is 12.9. The van der Waals surface area contributed by atoms with Gasteiger partial charge in [-0.25, -0.2) is 5.48 Å². The van der Waals surface area contributed by atoms with Gasteiger partial charge in [-0.3, -0.25) is 14.8 Å². The van der Waals surface area contributed by atoms with Gasteiger partial charge in [0.1, 0.15) is 29.8 Å². The number of hydrogen-bond acceptors (Lipinski definition) is 7. The Morgan fingerprint density at radius 2 is 1.76 bits per heavy atom. The molecule has 2 amide bonds. The van der Waals surface area contributed by atoms with Gasteiger partial charge in [0.15, 0.2) is 5.76 Å². The van der Waals surface area contributed by atoms with Gasteiger partial charge in [0, 0.05) is 30.1 Å². The smallest absolute Gasteiger partial charge is 0.287 e. The van der Waals surface area contributed by atoms with Crippen molar-refractivity contribution in [1.29, 1.82) is 0 Å². The van der Waals surface area contributed by atoms with Crippen molar-refractivity contribution in [3.63, 3.8) is 0 Å². The first-order chi connectivity index (χ1) is 18.0. The Morgan fingerprint density at radius 1 is 1.03 bits per heavy atom. The number of amides is 2. The van der Waals surface area contributed by atoms with E-state index >= 15 is 0 Å². The molecule has 2 fully saturated rings. The Balaban J connectivity index is 1.14. The van der Waals surface area contributed by atoms with Gasteiger partial charge >= 0.3 is 0 Å². The van der Waals surface area contributed by atoms with Gasteiger partial charge in [0.25, 0.3) is 11.8 Å². The van der Waals surface area contributed by atoms with Crippen LogP contribution in [-0.2, 0) is 0 Å². The van der Waals surface area contributed by atoms with Crippen molar-refractivity contribution in [2.75, 3.05) is 19.7 Å². The van der Waals surface area contributed by atoms with Crippen LogP contribution in [0.15, 0.2) is 52.9 Å². The third-order valence-electron chi connectivity index (χ3n) is 7.05. The molecule has 2 heterocycles. The molecule has 196 valence electrons. The van der Waals surface area contributed by atoms with Crippen LogP contribution in [0.3, 0.4) is 0 Å². The third kappa shape index (κ3) is 6.23. The van der Waals surface area contributed by atoms with E-state index in [1.54, 1.807) is 35.8 Å². The van der Waals surface area contributed by atoms with Gasteiger partial charge in [-0.15, -0.1) is 0 Å². The number of furan rings is 1. The van der Waals surface area contributed by atoms with Crippen molar-refractivity contribution in [3.8, 4) is 11.5 Å². The molecule has 1 aliphatic heterocycles. The van der Waals surface area contributed by atoms with E-state index in [-0.39, 0.29) is 30.4 Å². The molecule has 1 aliphatic carbocycles. The standard InChI is InChI=1S/C28H33N3O6/c1-2-20(17-35-22-7-3-18(4-8-22)27(32)30-34)29-28(33)26-16-19-15-24(9-10-25(19)37-26)36-23-11-13-31(14-12-23)21-5-6-21/h3-4,7-10,15-16,20-21,23,34H,2,5-6,11-14,17H2,1H3,(H,29,33)(H,30,32)/t20-/m0/s1. The molecule has 5 rings (SSSR count). The molecule has 0 spiro atoms. The van der Waals surface area contributed by atoms with Crippen LogP contribution in [0.2, 0.25) is 0 Å². The maximum Gasteiger partial charge on any atom is 0.287 e. The lowest BCUT2D eigenvalue weighted by Gasteiger charge is -2.32. The Kier molecular flexibility index (Phi) is 7.62. The second kappa shape index (κ2) is 11.2. The predicted octanol–water partition coefficient (Wildman–Crippen LogP) is 4.14. The molecule has 1 aromatic heterocycles. The molecule has 9 nitrogen and oxygen atoms in total. The maximum atomic E-state index is 12.9. The number of nitrogens with zero attached hydrogens (tertiary/aromatic N) is 1. The van der Waals surface area contributed by atoms with Gasteiger partial charge < -0.3 is 24.1 Å². The average molecular weight is 508 g/mol. The minimum Gasteiger partial charge on any atom is -0.491 e. The summed E-state index contributed by atoms with van der Waals surface area (Å²) in [6, 6.07) is 14.4. The fourth-order valence-corrected chi connectivity index (χ4v) is 4.68. The Labute approximate surface area is 215 Å². The quantitative estimate of drug-likeness (QED) is 0.279. The average Bonchev–Trinajstić information content (AvgIpc) is 3.69. The SMILES string of the molecule is CC[C@@H](COc1ccc(C(=O)NO)cc1)NC(=O)c1cc2cc(OC3CCN(C4CC4)CC3)ccc2o1. The number of fused-ring (bicyclic) bond motifs is 1. The third-order valence-corrected chi connectivity index (χ3v) is 7.05. The second-order valence-corrected chi connectivity index (χ2v) is 9.75. The monoisotopic (exact) mass is 507 g/mol. The summed E-state index contributed by atoms with van der Waals surface area (Å²) in [7, 11) is 0. The molecule has 0 unspecified atom stereocenters. The number of piperidine rings is 1. The zero-order chi connectivity index (χ0) is 25.8. The summed E-state index contributed by atoms with van der Waals surface area (Å²) >= 11 is 0. The molecule has 0 bridgehead atoms. The summed E-state index contributed by atoms with van der Waals surface area (Å²) in [6.07, 6.45) is 5.63. The molecule has 2 aromatic carbocycles. The van der Waals surface area contributed by atoms with Crippen LogP contribution in [0.5, 0.6) is 11.5 Å². The van der Waals surface area contributed by atoms with E-state index in [9.17, 15) is 9.59 Å². The lowest BCUT2D eigenvalue weighted by molar-refractivity contribution is 0.0706. The molecular formula is C28H33N3O6. The van der Waals surface area contributed by atoms with Crippen molar-refractivity contribution in [2.45, 2.75) is 57.2 Å². The zero-order valence-corrected chi connectivity index (χ0v) is 20.9. The van der Waals surface area contributed by atoms with E-state index in [0.717, 1.165) is 43.1 Å². The van der Waals surface area contributed by atoms with Crippen molar-refractivity contribution < 1.29 is 28.7 Å². The van der Waals surface area contributed by atoms with Crippen LogP contribution in [0.4, 0.5) is 0 Å². The van der Waals surface area contributed by atoms with Crippen LogP contribution in [-0.4, -0.2) is 59.8 Å². The fraction of sp³-hybridized carbons (Fsp3) is 0.429. The highest BCUT2D eigenvalue weighted by Gasteiger charge is 2.32. The topological polar surface area (TPSA) is 113 Å². The predicted molar refractivity (Wildman–Crippen MR) is 137 cm³/mol. The zero-order valence-electron chi connectivity index (χ0n) is 20.9. The van der Waals surface area contributed by atoms with Crippen LogP contribution in [0, 0.1) is 0 Å². The number of ether oxygens (including phenoxy) is 2. The highest BCUT2D eigenvalue weighted by Crippen LogP contribution is 2.31. The first kappa shape index (κ1) is 25.1. The fourth-order valence-electron chi connectivity index (χ4n) is 4.68. The van der Waals surface area contributed by atoms with Crippen molar-refractivity contribution in [2.24, 2.45) is 0 Å². The van der Waals surface area contributed by atoms with E-state index < -0.39 is 5.91 Å². The molecule has 0 radical (unpaired) electrons. The van der Waals surface area contributed by atoms with Gasteiger partial charge in [0.2, 0.25) is 0 Å². The molecule has 2 aliphatic rings. The molecule has 3 N–H and O–H groups in total. The van der Waals surface area contributed by atoms with Crippen LogP contribution < -0.4 is 20.3 Å². The normalized spacial score (nSPS) is 17.4. The number of nitrogens with one attached hydrogen (secondary N) is 2. The minimum atomic E-state index is -0.594. The van der Waals surface area contributed by atoms with Crippen molar-refractivity contribution >= 4 is 22.8 Å². The van der Waals surface area contributed by atoms with E-state index in [4.69, 9.17) is 19.1 Å². The summed E-state index contributed by atoms with van der Waals surface area (Å²) in [5, 5.41) is 12.5. The Bertz CT molecular complexity index is 1230. The molecule has 37 heavy (non-hydrogen) atoms. The molecular weight excluding hydrogens is 474 g/mol. The van der Waals surface area contributed by atoms with E-state index in [1.165, 1.54) is 12.8 Å². The summed E-state index contributed by atoms with van der Waals surface area (Å²) in [5.74, 6) is 0.687. The maximum absolute atomic E-state index is 12.9. The molecule has 3 aromatic rings. The minimum absolute atomic E-state index is 0.218. The molecule has 9 heteroatoms. The largest absolute Gasteiger partial charge is 0.491 e. The van der Waals surface area contributed by atoms with E-state index in [0.29, 0.717) is 23.3 Å². The summed E-state index contributed by atoms with van der Waals surface area (Å²) in [6.45, 7) is 4.41. The van der Waals surface area contributed by atoms with Crippen LogP contribution in [0.1, 0.15) is 59.9 Å². The number of rotatable bonds is 10. The lowest BCUT2D eigenvalue weighted by atomic mass is 10.1. The van der Waals surface area contributed by atoms with Gasteiger partial charge in [-0.05, 0) is 80.6 Å². The highest BCUT2D eigenvalue weighted by atomic mass is 16.5. The van der Waals surface area contributed by atoms with Gasteiger partial charge in [-0.1, -0.05) is 6.92 Å². The van der Waals surface area contributed by atoms with Crippen molar-refractivity contribution in [3.05, 3.63) is 59.9 Å². The van der Waals surface area contributed by atoms with Gasteiger partial charge in [0.05, 0.1) is 6.04 Å². The van der Waals surface area contributed by atoms with Crippen molar-refractivity contribution in [1.82, 2.24) is 15.7 Å². The van der Waals surface area contributed by atoms with Crippen LogP contribution >= 0.6 is 0 Å². The number of hydroxylamine groups is 1. The second-order valence-electron chi connectivity index (χ2n) is 9.75. The molecule has 1 atom stereocenters. The summed E-state index contributed by atoms with van der Waals surface area (Å²) in [4.78, 5) is 26.9. The first-order valence-corrected chi connectivity index (χ1v) is 12.9. The Hall–Kier alpha value is -3.56. The number of benzene rings is 2. The molecule has 1 saturated heterocycles. The number of carbonyl (C=O) groups excluding carboxylic acids is 2. The van der Waals surface area contributed by atoms with Crippen LogP contribution in [0.25, 0.3) is 11.0 Å². The van der Waals surface area contributed by atoms with E-state index in [2.05, 4.69) is 10.2 Å². The molecule has 1 saturated carbocycles. The summed E-state index contributed by atoms with van der Waals surface area (Å²) in [5.41, 5.74) is 2.54. The lowest BCUT2D eigenvalue weighted by Crippen LogP contribution is -2.39.